The van der Waals surface area contributed by atoms with Crippen molar-refractivity contribution in [2.24, 2.45) is 0 Å². The summed E-state index contributed by atoms with van der Waals surface area (Å²) in [6, 6.07) is 1.55. The van der Waals surface area contributed by atoms with E-state index < -0.39 is 0 Å². The Bertz CT molecular complexity index is 249. The minimum absolute atomic E-state index is 0.165. The van der Waals surface area contributed by atoms with Crippen LogP contribution < -0.4 is 5.32 Å². The third kappa shape index (κ3) is 3.75. The molecule has 0 spiro atoms. The number of rotatable bonds is 5. The highest BCUT2D eigenvalue weighted by molar-refractivity contribution is 14.1. The molecule has 0 saturated carbocycles. The lowest BCUT2D eigenvalue weighted by atomic mass is 10.3. The first-order chi connectivity index (χ1) is 6.34. The van der Waals surface area contributed by atoms with Crippen LogP contribution in [0, 0.1) is 0 Å². The van der Waals surface area contributed by atoms with E-state index in [1.165, 1.54) is 6.26 Å². The molecule has 0 aliphatic heterocycles. The van der Waals surface area contributed by atoms with E-state index in [2.05, 4.69) is 37.6 Å². The number of nitrogens with zero attached hydrogens (tertiary/aromatic N) is 1. The average Bonchev–Trinajstić information content (AvgIpc) is 2.65. The van der Waals surface area contributed by atoms with Crippen molar-refractivity contribution in [1.82, 2.24) is 10.5 Å². The summed E-state index contributed by atoms with van der Waals surface area (Å²) in [6.45, 7) is 0.703. The van der Waals surface area contributed by atoms with Gasteiger partial charge in [0.1, 0.15) is 6.26 Å². The van der Waals surface area contributed by atoms with Gasteiger partial charge in [0.15, 0.2) is 5.69 Å². The monoisotopic (exact) mass is 294 g/mol. The SMILES string of the molecule is O=C(NCCCCI)c1ccon1. The maximum atomic E-state index is 11.2. The Balaban J connectivity index is 2.19. The summed E-state index contributed by atoms with van der Waals surface area (Å²) in [5, 5.41) is 6.28. The first-order valence-corrected chi connectivity index (χ1v) is 5.61. The van der Waals surface area contributed by atoms with E-state index in [0.29, 0.717) is 12.2 Å². The van der Waals surface area contributed by atoms with E-state index in [1.54, 1.807) is 6.07 Å². The van der Waals surface area contributed by atoms with Gasteiger partial charge in [-0.05, 0) is 17.3 Å². The standard InChI is InChI=1S/C8H11IN2O2/c9-4-1-2-5-10-8(12)7-3-6-13-11-7/h3,6H,1-2,4-5H2,(H,10,12). The Morgan fingerprint density at radius 1 is 1.62 bits per heavy atom. The molecule has 0 aliphatic rings. The number of amides is 1. The van der Waals surface area contributed by atoms with Gasteiger partial charge in [-0.3, -0.25) is 4.79 Å². The Morgan fingerprint density at radius 2 is 2.46 bits per heavy atom. The number of hydrogen-bond acceptors (Lipinski definition) is 3. The molecule has 0 fully saturated rings. The van der Waals surface area contributed by atoms with E-state index in [4.69, 9.17) is 0 Å². The number of unbranched alkanes of at least 4 members (excludes halogenated alkanes) is 1. The second-order valence-electron chi connectivity index (χ2n) is 2.54. The molecule has 1 heterocycles. The topological polar surface area (TPSA) is 55.1 Å². The van der Waals surface area contributed by atoms with Crippen molar-refractivity contribution in [3.05, 3.63) is 18.0 Å². The van der Waals surface area contributed by atoms with Gasteiger partial charge in [0.25, 0.3) is 5.91 Å². The quantitative estimate of drug-likeness (QED) is 0.510. The smallest absolute Gasteiger partial charge is 0.273 e. The lowest BCUT2D eigenvalue weighted by Crippen LogP contribution is -2.24. The first kappa shape index (κ1) is 10.5. The molecule has 1 rings (SSSR count). The van der Waals surface area contributed by atoms with Crippen molar-refractivity contribution in [2.75, 3.05) is 11.0 Å². The highest BCUT2D eigenvalue weighted by Gasteiger charge is 2.06. The molecule has 0 aliphatic carbocycles. The molecular formula is C8H11IN2O2. The van der Waals surface area contributed by atoms with E-state index in [9.17, 15) is 4.79 Å². The van der Waals surface area contributed by atoms with E-state index in [-0.39, 0.29) is 5.91 Å². The Morgan fingerprint density at radius 3 is 3.08 bits per heavy atom. The zero-order valence-corrected chi connectivity index (χ0v) is 9.28. The lowest BCUT2D eigenvalue weighted by molar-refractivity contribution is 0.0944. The molecule has 0 bridgehead atoms. The zero-order chi connectivity index (χ0) is 9.52. The van der Waals surface area contributed by atoms with Crippen LogP contribution in [0.3, 0.4) is 0 Å². The van der Waals surface area contributed by atoms with E-state index in [0.717, 1.165) is 17.3 Å². The minimum atomic E-state index is -0.165. The summed E-state index contributed by atoms with van der Waals surface area (Å²) in [5.41, 5.74) is 0.342. The van der Waals surface area contributed by atoms with Gasteiger partial charge in [0.05, 0.1) is 0 Å². The predicted molar refractivity (Wildman–Crippen MR) is 57.0 cm³/mol. The largest absolute Gasteiger partial charge is 0.364 e. The molecule has 1 amide bonds. The molecule has 0 unspecified atom stereocenters. The number of aromatic nitrogens is 1. The van der Waals surface area contributed by atoms with Crippen LogP contribution in [-0.2, 0) is 0 Å². The molecule has 72 valence electrons. The Labute approximate surface area is 90.2 Å². The van der Waals surface area contributed by atoms with Gasteiger partial charge in [0, 0.05) is 12.6 Å². The van der Waals surface area contributed by atoms with Crippen molar-refractivity contribution in [3.63, 3.8) is 0 Å². The maximum absolute atomic E-state index is 11.2. The molecule has 0 saturated heterocycles. The second-order valence-corrected chi connectivity index (χ2v) is 3.62. The molecule has 1 N–H and O–H groups in total. The minimum Gasteiger partial charge on any atom is -0.364 e. The summed E-state index contributed by atoms with van der Waals surface area (Å²) in [4.78, 5) is 11.2. The van der Waals surface area contributed by atoms with Gasteiger partial charge in [-0.1, -0.05) is 27.7 Å². The lowest BCUT2D eigenvalue weighted by Gasteiger charge is -2.00. The van der Waals surface area contributed by atoms with Crippen molar-refractivity contribution >= 4 is 28.5 Å². The van der Waals surface area contributed by atoms with Gasteiger partial charge in [-0.25, -0.2) is 0 Å². The molecule has 13 heavy (non-hydrogen) atoms. The van der Waals surface area contributed by atoms with Crippen LogP contribution in [0.15, 0.2) is 16.9 Å². The molecule has 0 aromatic carbocycles. The fourth-order valence-electron chi connectivity index (χ4n) is 0.842. The summed E-state index contributed by atoms with van der Waals surface area (Å²) >= 11 is 2.31. The zero-order valence-electron chi connectivity index (χ0n) is 7.12. The van der Waals surface area contributed by atoms with Gasteiger partial charge >= 0.3 is 0 Å². The average molecular weight is 294 g/mol. The number of nitrogens with one attached hydrogen (secondary N) is 1. The van der Waals surface area contributed by atoms with Gasteiger partial charge < -0.3 is 9.84 Å². The second kappa shape index (κ2) is 5.95. The number of halogens is 1. The maximum Gasteiger partial charge on any atom is 0.273 e. The van der Waals surface area contributed by atoms with Crippen LogP contribution in [0.1, 0.15) is 23.3 Å². The molecule has 0 radical (unpaired) electrons. The third-order valence-electron chi connectivity index (χ3n) is 1.52. The summed E-state index contributed by atoms with van der Waals surface area (Å²) < 4.78 is 5.67. The summed E-state index contributed by atoms with van der Waals surface area (Å²) in [5.74, 6) is -0.165. The number of alkyl halides is 1. The molecule has 1 aromatic heterocycles. The van der Waals surface area contributed by atoms with Crippen molar-refractivity contribution < 1.29 is 9.32 Å². The molecule has 0 atom stereocenters. The van der Waals surface area contributed by atoms with Crippen molar-refractivity contribution in [3.8, 4) is 0 Å². The van der Waals surface area contributed by atoms with Crippen LogP contribution in [0.4, 0.5) is 0 Å². The molecular weight excluding hydrogens is 283 g/mol. The number of carbonyl (C=O) groups excluding carboxylic acids is 1. The molecule has 1 aromatic rings. The van der Waals surface area contributed by atoms with E-state index in [1.807, 2.05) is 0 Å². The van der Waals surface area contributed by atoms with Gasteiger partial charge in [-0.15, -0.1) is 0 Å². The Hall–Kier alpha value is -0.590. The normalized spacial score (nSPS) is 9.92. The van der Waals surface area contributed by atoms with Crippen LogP contribution in [-0.4, -0.2) is 22.0 Å². The summed E-state index contributed by atoms with van der Waals surface area (Å²) in [7, 11) is 0. The molecule has 5 heteroatoms. The van der Waals surface area contributed by atoms with Crippen molar-refractivity contribution in [2.45, 2.75) is 12.8 Å². The fourth-order valence-corrected chi connectivity index (χ4v) is 1.38. The fraction of sp³-hybridized carbons (Fsp3) is 0.500. The van der Waals surface area contributed by atoms with Crippen LogP contribution in [0.5, 0.6) is 0 Å². The first-order valence-electron chi connectivity index (χ1n) is 4.09. The molecule has 4 nitrogen and oxygen atoms in total. The summed E-state index contributed by atoms with van der Waals surface area (Å²) in [6.07, 6.45) is 3.52. The van der Waals surface area contributed by atoms with Gasteiger partial charge in [-0.2, -0.15) is 0 Å². The highest BCUT2D eigenvalue weighted by Crippen LogP contribution is 1.95. The highest BCUT2D eigenvalue weighted by atomic mass is 127. The number of carbonyl (C=O) groups is 1. The van der Waals surface area contributed by atoms with E-state index >= 15 is 0 Å². The third-order valence-corrected chi connectivity index (χ3v) is 2.28. The Kier molecular flexibility index (Phi) is 4.81. The van der Waals surface area contributed by atoms with Crippen LogP contribution >= 0.6 is 22.6 Å². The van der Waals surface area contributed by atoms with Gasteiger partial charge in [0.2, 0.25) is 0 Å². The van der Waals surface area contributed by atoms with Crippen molar-refractivity contribution in [1.29, 1.82) is 0 Å². The number of hydrogen-bond donors (Lipinski definition) is 1. The van der Waals surface area contributed by atoms with Crippen LogP contribution in [0.2, 0.25) is 0 Å². The van der Waals surface area contributed by atoms with Crippen LogP contribution in [0.25, 0.3) is 0 Å². The predicted octanol–water partition coefficient (Wildman–Crippen LogP) is 1.62.